The molecule has 0 spiro atoms. The first-order valence-electron chi connectivity index (χ1n) is 4.71. The minimum atomic E-state index is -0.403. The lowest BCUT2D eigenvalue weighted by Gasteiger charge is -2.04. The van der Waals surface area contributed by atoms with Gasteiger partial charge >= 0.3 is 0 Å². The molecule has 0 saturated carbocycles. The van der Waals surface area contributed by atoms with Crippen molar-refractivity contribution in [3.63, 3.8) is 0 Å². The van der Waals surface area contributed by atoms with Crippen LogP contribution in [-0.2, 0) is 4.74 Å². The molecule has 0 saturated heterocycles. The molecule has 1 atom stereocenters. The van der Waals surface area contributed by atoms with E-state index in [9.17, 15) is 5.11 Å². The molecule has 0 bridgehead atoms. The number of rotatable bonds is 5. The summed E-state index contributed by atoms with van der Waals surface area (Å²) in [7, 11) is 1.59. The Morgan fingerprint density at radius 2 is 2.07 bits per heavy atom. The summed E-state index contributed by atoms with van der Waals surface area (Å²) in [5, 5.41) is 9.35. The molecule has 1 N–H and O–H groups in total. The lowest BCUT2D eigenvalue weighted by molar-refractivity contribution is 0.0668. The highest BCUT2D eigenvalue weighted by molar-refractivity contribution is 5.48. The Hall–Kier alpha value is -1.12. The average Bonchev–Trinajstić information content (AvgIpc) is 2.20. The van der Waals surface area contributed by atoms with Crippen LogP contribution in [0.15, 0.2) is 36.4 Å². The van der Waals surface area contributed by atoms with E-state index >= 15 is 0 Å². The van der Waals surface area contributed by atoms with E-state index in [0.717, 1.165) is 5.56 Å². The molecule has 0 amide bonds. The van der Waals surface area contributed by atoms with Gasteiger partial charge in [-0.25, -0.2) is 0 Å². The SMILES string of the molecule is COCC(O)C/C=C/c1ccccc1. The van der Waals surface area contributed by atoms with Crippen molar-refractivity contribution in [3.05, 3.63) is 42.0 Å². The van der Waals surface area contributed by atoms with Crippen molar-refractivity contribution in [3.8, 4) is 0 Å². The molecule has 0 aliphatic heterocycles. The van der Waals surface area contributed by atoms with Crippen molar-refractivity contribution < 1.29 is 9.84 Å². The van der Waals surface area contributed by atoms with Crippen LogP contribution in [0.3, 0.4) is 0 Å². The molecule has 76 valence electrons. The van der Waals surface area contributed by atoms with Gasteiger partial charge in [0, 0.05) is 7.11 Å². The van der Waals surface area contributed by atoms with Crippen LogP contribution in [0.25, 0.3) is 6.08 Å². The van der Waals surface area contributed by atoms with Gasteiger partial charge in [0.25, 0.3) is 0 Å². The summed E-state index contributed by atoms with van der Waals surface area (Å²) < 4.78 is 4.82. The summed E-state index contributed by atoms with van der Waals surface area (Å²) >= 11 is 0. The quantitative estimate of drug-likeness (QED) is 0.774. The van der Waals surface area contributed by atoms with E-state index in [1.54, 1.807) is 7.11 Å². The highest BCUT2D eigenvalue weighted by Gasteiger charge is 1.98. The van der Waals surface area contributed by atoms with Crippen LogP contribution in [0.2, 0.25) is 0 Å². The van der Waals surface area contributed by atoms with Crippen LogP contribution in [0, 0.1) is 0 Å². The Morgan fingerprint density at radius 3 is 2.71 bits per heavy atom. The van der Waals surface area contributed by atoms with Gasteiger partial charge in [-0.15, -0.1) is 0 Å². The van der Waals surface area contributed by atoms with E-state index in [-0.39, 0.29) is 0 Å². The van der Waals surface area contributed by atoms with Gasteiger partial charge in [-0.3, -0.25) is 0 Å². The maximum Gasteiger partial charge on any atom is 0.0807 e. The van der Waals surface area contributed by atoms with E-state index in [1.165, 1.54) is 0 Å². The van der Waals surface area contributed by atoms with Crippen molar-refractivity contribution in [1.29, 1.82) is 0 Å². The van der Waals surface area contributed by atoms with Crippen LogP contribution in [-0.4, -0.2) is 24.9 Å². The van der Waals surface area contributed by atoms with Crippen molar-refractivity contribution >= 4 is 6.08 Å². The Bertz CT molecular complexity index is 267. The van der Waals surface area contributed by atoms with Gasteiger partial charge in [0.2, 0.25) is 0 Å². The van der Waals surface area contributed by atoms with Crippen molar-refractivity contribution in [1.82, 2.24) is 0 Å². The maximum absolute atomic E-state index is 9.35. The summed E-state index contributed by atoms with van der Waals surface area (Å²) in [6.45, 7) is 0.388. The summed E-state index contributed by atoms with van der Waals surface area (Å²) in [4.78, 5) is 0. The Morgan fingerprint density at radius 1 is 1.36 bits per heavy atom. The van der Waals surface area contributed by atoms with E-state index in [1.807, 2.05) is 42.5 Å². The zero-order valence-corrected chi connectivity index (χ0v) is 8.39. The fourth-order valence-electron chi connectivity index (χ4n) is 1.19. The molecule has 1 aromatic rings. The summed E-state index contributed by atoms with van der Waals surface area (Å²) in [6, 6.07) is 10.0. The number of aliphatic hydroxyl groups is 1. The average molecular weight is 192 g/mol. The molecular formula is C12H16O2. The monoisotopic (exact) mass is 192 g/mol. The molecule has 2 nitrogen and oxygen atoms in total. The lowest BCUT2D eigenvalue weighted by atomic mass is 10.2. The van der Waals surface area contributed by atoms with Crippen molar-refractivity contribution in [2.45, 2.75) is 12.5 Å². The van der Waals surface area contributed by atoms with Crippen LogP contribution in [0.5, 0.6) is 0 Å². The number of hydrogen-bond acceptors (Lipinski definition) is 2. The fraction of sp³-hybridized carbons (Fsp3) is 0.333. The predicted octanol–water partition coefficient (Wildman–Crippen LogP) is 2.10. The molecule has 14 heavy (non-hydrogen) atoms. The summed E-state index contributed by atoms with van der Waals surface area (Å²) in [5.41, 5.74) is 1.15. The van der Waals surface area contributed by atoms with Gasteiger partial charge in [0.1, 0.15) is 0 Å². The van der Waals surface area contributed by atoms with E-state index < -0.39 is 6.10 Å². The largest absolute Gasteiger partial charge is 0.390 e. The summed E-state index contributed by atoms with van der Waals surface area (Å²) in [5.74, 6) is 0. The number of aliphatic hydroxyl groups excluding tert-OH is 1. The number of hydrogen-bond donors (Lipinski definition) is 1. The van der Waals surface area contributed by atoms with Gasteiger partial charge in [0.15, 0.2) is 0 Å². The zero-order valence-electron chi connectivity index (χ0n) is 8.39. The highest BCUT2D eigenvalue weighted by atomic mass is 16.5. The minimum absolute atomic E-state index is 0.388. The first kappa shape index (κ1) is 11.0. The highest BCUT2D eigenvalue weighted by Crippen LogP contribution is 2.03. The molecule has 0 radical (unpaired) electrons. The van der Waals surface area contributed by atoms with Gasteiger partial charge in [-0.05, 0) is 12.0 Å². The van der Waals surface area contributed by atoms with E-state index in [2.05, 4.69) is 0 Å². The van der Waals surface area contributed by atoms with Crippen LogP contribution in [0.1, 0.15) is 12.0 Å². The molecule has 2 heteroatoms. The van der Waals surface area contributed by atoms with Gasteiger partial charge in [-0.2, -0.15) is 0 Å². The summed E-state index contributed by atoms with van der Waals surface area (Å²) in [6.07, 6.45) is 4.18. The molecule has 0 aliphatic carbocycles. The third kappa shape index (κ3) is 4.21. The molecule has 0 fully saturated rings. The first-order valence-corrected chi connectivity index (χ1v) is 4.71. The Kier molecular flexibility index (Phi) is 4.97. The number of ether oxygens (including phenoxy) is 1. The first-order chi connectivity index (χ1) is 6.83. The van der Waals surface area contributed by atoms with Gasteiger partial charge in [-0.1, -0.05) is 42.5 Å². The minimum Gasteiger partial charge on any atom is -0.390 e. The molecule has 1 aromatic carbocycles. The lowest BCUT2D eigenvalue weighted by Crippen LogP contribution is -2.12. The van der Waals surface area contributed by atoms with Crippen molar-refractivity contribution in [2.75, 3.05) is 13.7 Å². The second-order valence-electron chi connectivity index (χ2n) is 3.16. The van der Waals surface area contributed by atoms with Crippen LogP contribution < -0.4 is 0 Å². The van der Waals surface area contributed by atoms with Crippen molar-refractivity contribution in [2.24, 2.45) is 0 Å². The standard InChI is InChI=1S/C12H16O2/c1-14-10-12(13)9-5-8-11-6-3-2-4-7-11/h2-8,12-13H,9-10H2,1H3/b8-5+. The van der Waals surface area contributed by atoms with Gasteiger partial charge in [0.05, 0.1) is 12.7 Å². The number of methoxy groups -OCH3 is 1. The zero-order chi connectivity index (χ0) is 10.2. The molecule has 1 unspecified atom stereocenters. The van der Waals surface area contributed by atoms with E-state index in [4.69, 9.17) is 4.74 Å². The third-order valence-electron chi connectivity index (χ3n) is 1.88. The molecule has 0 heterocycles. The Balaban J connectivity index is 2.34. The second-order valence-corrected chi connectivity index (χ2v) is 3.16. The molecular weight excluding hydrogens is 176 g/mol. The van der Waals surface area contributed by atoms with Crippen LogP contribution in [0.4, 0.5) is 0 Å². The predicted molar refractivity (Wildman–Crippen MR) is 58.0 cm³/mol. The second kappa shape index (κ2) is 6.35. The van der Waals surface area contributed by atoms with Crippen LogP contribution >= 0.6 is 0 Å². The normalized spacial score (nSPS) is 13.3. The smallest absolute Gasteiger partial charge is 0.0807 e. The topological polar surface area (TPSA) is 29.5 Å². The maximum atomic E-state index is 9.35. The molecule has 0 aromatic heterocycles. The molecule has 0 aliphatic rings. The van der Waals surface area contributed by atoms with E-state index in [0.29, 0.717) is 13.0 Å². The van der Waals surface area contributed by atoms with Gasteiger partial charge < -0.3 is 9.84 Å². The third-order valence-corrected chi connectivity index (χ3v) is 1.88. The number of benzene rings is 1. The molecule has 1 rings (SSSR count). The Labute approximate surface area is 84.8 Å². The fourth-order valence-corrected chi connectivity index (χ4v) is 1.19.